The summed E-state index contributed by atoms with van der Waals surface area (Å²) in [4.78, 5) is 3.32. The number of hydrogen-bond acceptors (Lipinski definition) is 3. The van der Waals surface area contributed by atoms with Crippen LogP contribution < -0.4 is 4.74 Å². The highest BCUT2D eigenvalue weighted by Crippen LogP contribution is 2.36. The molecule has 1 aromatic carbocycles. The topological polar surface area (TPSA) is 29.9 Å². The van der Waals surface area contributed by atoms with Gasteiger partial charge in [-0.2, -0.15) is 11.8 Å². The predicted molar refractivity (Wildman–Crippen MR) is 88.5 cm³/mol. The Balaban J connectivity index is 2.05. The van der Waals surface area contributed by atoms with Crippen LogP contribution in [0.2, 0.25) is 0 Å². The molecule has 1 aromatic heterocycles. The van der Waals surface area contributed by atoms with Gasteiger partial charge in [-0.05, 0) is 49.9 Å². The van der Waals surface area contributed by atoms with E-state index in [-0.39, 0.29) is 0 Å². The normalized spacial score (nSPS) is 23.1. The first-order valence-electron chi connectivity index (χ1n) is 7.04. The summed E-state index contributed by atoms with van der Waals surface area (Å²) >= 11 is 7.53. The number of H-pyrrole nitrogens is 1. The van der Waals surface area contributed by atoms with Crippen molar-refractivity contribution in [1.29, 1.82) is 0 Å². The maximum Gasteiger partial charge on any atom is 0.178 e. The number of hydrogen-bond donors (Lipinski definition) is 1. The number of nitrogens with one attached hydrogen (secondary N) is 1. The summed E-state index contributed by atoms with van der Waals surface area (Å²) in [6.07, 6.45) is 7.25. The average Bonchev–Trinajstić information content (AvgIpc) is 2.82. The number of aromatic nitrogens is 2. The largest absolute Gasteiger partial charge is 0.497 e. The number of nitrogens with zero attached hydrogens (tertiary/aromatic N) is 1. The first-order chi connectivity index (χ1) is 9.72. The van der Waals surface area contributed by atoms with E-state index in [2.05, 4.69) is 27.9 Å². The van der Waals surface area contributed by atoms with E-state index in [0.29, 0.717) is 6.04 Å². The molecule has 0 radical (unpaired) electrons. The van der Waals surface area contributed by atoms with Crippen LogP contribution >= 0.6 is 24.0 Å². The maximum atomic E-state index is 5.55. The highest BCUT2D eigenvalue weighted by atomic mass is 32.2. The van der Waals surface area contributed by atoms with Crippen LogP contribution in [0.1, 0.15) is 31.7 Å². The number of aromatic amines is 1. The van der Waals surface area contributed by atoms with Crippen molar-refractivity contribution in [2.75, 3.05) is 13.4 Å². The molecule has 2 atom stereocenters. The summed E-state index contributed by atoms with van der Waals surface area (Å²) in [7, 11) is 1.71. The van der Waals surface area contributed by atoms with Gasteiger partial charge >= 0.3 is 0 Å². The van der Waals surface area contributed by atoms with Gasteiger partial charge in [-0.1, -0.05) is 6.42 Å². The molecule has 108 valence electrons. The van der Waals surface area contributed by atoms with Crippen LogP contribution in [0, 0.1) is 4.77 Å². The van der Waals surface area contributed by atoms with Crippen molar-refractivity contribution in [3.63, 3.8) is 0 Å². The van der Waals surface area contributed by atoms with Crippen LogP contribution in [-0.4, -0.2) is 28.2 Å². The second kappa shape index (κ2) is 5.82. The molecule has 20 heavy (non-hydrogen) atoms. The van der Waals surface area contributed by atoms with Gasteiger partial charge in [0.25, 0.3) is 0 Å². The minimum atomic E-state index is 0.509. The van der Waals surface area contributed by atoms with Crippen molar-refractivity contribution in [3.05, 3.63) is 23.0 Å². The molecule has 1 aliphatic carbocycles. The Morgan fingerprint density at radius 2 is 2.25 bits per heavy atom. The molecule has 1 saturated carbocycles. The third-order valence-electron chi connectivity index (χ3n) is 4.22. The van der Waals surface area contributed by atoms with Crippen LogP contribution in [0.15, 0.2) is 18.2 Å². The molecular formula is C15H20N2OS2. The summed E-state index contributed by atoms with van der Waals surface area (Å²) in [6.45, 7) is 0. The number of imidazole rings is 1. The van der Waals surface area contributed by atoms with Crippen LogP contribution in [0.3, 0.4) is 0 Å². The smallest absolute Gasteiger partial charge is 0.178 e. The first kappa shape index (κ1) is 14.0. The van der Waals surface area contributed by atoms with E-state index < -0.39 is 0 Å². The molecule has 1 N–H and O–H groups in total. The van der Waals surface area contributed by atoms with Gasteiger partial charge in [0.2, 0.25) is 0 Å². The summed E-state index contributed by atoms with van der Waals surface area (Å²) in [5, 5.41) is 0.756. The lowest BCUT2D eigenvalue weighted by atomic mass is 9.94. The molecule has 3 rings (SSSR count). The predicted octanol–water partition coefficient (Wildman–Crippen LogP) is 4.55. The summed E-state index contributed by atoms with van der Waals surface area (Å²) in [5.41, 5.74) is 2.27. The van der Waals surface area contributed by atoms with Gasteiger partial charge in [0.05, 0.1) is 18.1 Å². The van der Waals surface area contributed by atoms with E-state index in [1.807, 2.05) is 17.8 Å². The van der Waals surface area contributed by atoms with Gasteiger partial charge in [0.15, 0.2) is 4.77 Å². The van der Waals surface area contributed by atoms with E-state index in [9.17, 15) is 0 Å². The molecule has 0 spiro atoms. The van der Waals surface area contributed by atoms with Crippen molar-refractivity contribution >= 4 is 35.0 Å². The molecule has 1 fully saturated rings. The van der Waals surface area contributed by atoms with Crippen molar-refractivity contribution in [3.8, 4) is 5.75 Å². The van der Waals surface area contributed by atoms with Gasteiger partial charge in [0, 0.05) is 17.4 Å². The molecule has 0 bridgehead atoms. The highest BCUT2D eigenvalue weighted by molar-refractivity contribution is 7.99. The number of benzene rings is 1. The standard InChI is InChI=1S/C15H20N2OS2/c1-18-11-6-7-13-14(9-11)17(15(19)16-13)10-4-3-5-12(8-10)20-2/h6-7,9-10,12H,3-5,8H2,1-2H3,(H,16,19). The fraction of sp³-hybridized carbons (Fsp3) is 0.533. The van der Waals surface area contributed by atoms with Crippen LogP contribution in [0.25, 0.3) is 11.0 Å². The van der Waals surface area contributed by atoms with Crippen LogP contribution in [-0.2, 0) is 0 Å². The molecule has 2 unspecified atom stereocenters. The zero-order valence-corrected chi connectivity index (χ0v) is 13.5. The Kier molecular flexibility index (Phi) is 4.08. The monoisotopic (exact) mass is 308 g/mol. The first-order valence-corrected chi connectivity index (χ1v) is 8.73. The van der Waals surface area contributed by atoms with Gasteiger partial charge in [-0.3, -0.25) is 0 Å². The lowest BCUT2D eigenvalue weighted by Crippen LogP contribution is -2.20. The minimum absolute atomic E-state index is 0.509. The molecule has 5 heteroatoms. The van der Waals surface area contributed by atoms with Crippen molar-refractivity contribution in [2.45, 2.75) is 37.0 Å². The van der Waals surface area contributed by atoms with E-state index in [0.717, 1.165) is 21.3 Å². The molecule has 1 heterocycles. The number of thioether (sulfide) groups is 1. The van der Waals surface area contributed by atoms with Crippen molar-refractivity contribution < 1.29 is 4.74 Å². The third kappa shape index (κ3) is 2.49. The van der Waals surface area contributed by atoms with E-state index in [1.165, 1.54) is 31.2 Å². The number of methoxy groups -OCH3 is 1. The number of fused-ring (bicyclic) bond motifs is 1. The average molecular weight is 308 g/mol. The summed E-state index contributed by atoms with van der Waals surface area (Å²) in [6, 6.07) is 6.62. The highest BCUT2D eigenvalue weighted by Gasteiger charge is 2.24. The minimum Gasteiger partial charge on any atom is -0.497 e. The quantitative estimate of drug-likeness (QED) is 0.843. The van der Waals surface area contributed by atoms with Crippen LogP contribution in [0.4, 0.5) is 0 Å². The SMILES string of the molecule is COc1ccc2[nH]c(=S)n(C3CCCC(SC)C3)c2c1. The van der Waals surface area contributed by atoms with Crippen molar-refractivity contribution in [1.82, 2.24) is 9.55 Å². The summed E-state index contributed by atoms with van der Waals surface area (Å²) < 4.78 is 8.49. The zero-order chi connectivity index (χ0) is 14.1. The summed E-state index contributed by atoms with van der Waals surface area (Å²) in [5.74, 6) is 0.887. The second-order valence-electron chi connectivity index (χ2n) is 5.36. The third-order valence-corrected chi connectivity index (χ3v) is 5.62. The number of ether oxygens (including phenoxy) is 1. The van der Waals surface area contributed by atoms with Gasteiger partial charge in [-0.25, -0.2) is 0 Å². The van der Waals surface area contributed by atoms with Gasteiger partial charge in [0.1, 0.15) is 5.75 Å². The Morgan fingerprint density at radius 1 is 1.40 bits per heavy atom. The molecule has 1 aliphatic rings. The molecular weight excluding hydrogens is 288 g/mol. The van der Waals surface area contributed by atoms with Crippen molar-refractivity contribution in [2.24, 2.45) is 0 Å². The van der Waals surface area contributed by atoms with Gasteiger partial charge in [-0.15, -0.1) is 0 Å². The van der Waals surface area contributed by atoms with E-state index >= 15 is 0 Å². The Labute approximate surface area is 128 Å². The second-order valence-corrected chi connectivity index (χ2v) is 6.89. The van der Waals surface area contributed by atoms with E-state index in [1.54, 1.807) is 7.11 Å². The number of rotatable bonds is 3. The zero-order valence-electron chi connectivity index (χ0n) is 11.9. The Morgan fingerprint density at radius 3 is 3.00 bits per heavy atom. The maximum absolute atomic E-state index is 5.55. The lowest BCUT2D eigenvalue weighted by molar-refractivity contribution is 0.364. The van der Waals surface area contributed by atoms with Crippen LogP contribution in [0.5, 0.6) is 5.75 Å². The fourth-order valence-corrected chi connectivity index (χ4v) is 4.33. The van der Waals surface area contributed by atoms with Gasteiger partial charge < -0.3 is 14.3 Å². The molecule has 0 amide bonds. The fourth-order valence-electron chi connectivity index (χ4n) is 3.16. The lowest BCUT2D eigenvalue weighted by Gasteiger charge is -2.29. The Hall–Kier alpha value is -0.940. The Bertz CT molecular complexity index is 661. The molecule has 2 aromatic rings. The molecule has 3 nitrogen and oxygen atoms in total. The van der Waals surface area contributed by atoms with E-state index in [4.69, 9.17) is 17.0 Å². The molecule has 0 aliphatic heterocycles. The molecule has 0 saturated heterocycles.